The second kappa shape index (κ2) is 8.37. The van der Waals surface area contributed by atoms with Crippen molar-refractivity contribution in [2.24, 2.45) is 0 Å². The molecule has 0 fully saturated rings. The monoisotopic (exact) mass is 456 g/mol. The summed E-state index contributed by atoms with van der Waals surface area (Å²) in [5, 5.41) is 0.927. The Kier molecular flexibility index (Phi) is 5.38. The van der Waals surface area contributed by atoms with Gasteiger partial charge in [-0.1, -0.05) is 42.0 Å². The van der Waals surface area contributed by atoms with E-state index in [0.29, 0.717) is 34.8 Å². The Morgan fingerprint density at radius 1 is 0.939 bits per heavy atom. The molecule has 3 aromatic carbocycles. The van der Waals surface area contributed by atoms with E-state index in [1.807, 2.05) is 45.0 Å². The van der Waals surface area contributed by atoms with E-state index < -0.39 is 0 Å². The first kappa shape index (κ1) is 21.2. The highest BCUT2D eigenvalue weighted by Crippen LogP contribution is 2.31. The van der Waals surface area contributed by atoms with Gasteiger partial charge in [-0.3, -0.25) is 9.36 Å². The molecular weight excluding hydrogens is 432 g/mol. The number of hydrogen-bond donors (Lipinski definition) is 0. The van der Waals surface area contributed by atoms with Crippen LogP contribution in [-0.4, -0.2) is 15.7 Å². The third kappa shape index (κ3) is 3.66. The smallest absolute Gasteiger partial charge is 0.336 e. The lowest BCUT2D eigenvalue weighted by molar-refractivity contribution is 0.340. The molecule has 0 aliphatic rings. The highest BCUT2D eigenvalue weighted by atomic mass is 32.1. The van der Waals surface area contributed by atoms with Crippen molar-refractivity contribution in [2.45, 2.75) is 27.3 Å². The summed E-state index contributed by atoms with van der Waals surface area (Å²) < 4.78 is 10.1. The van der Waals surface area contributed by atoms with E-state index in [-0.39, 0.29) is 11.2 Å². The maximum absolute atomic E-state index is 13.9. The molecule has 0 aliphatic heterocycles. The molecule has 33 heavy (non-hydrogen) atoms. The topological polar surface area (TPSA) is 53.2 Å². The van der Waals surface area contributed by atoms with Gasteiger partial charge in [0.05, 0.1) is 24.4 Å². The molecule has 2 heterocycles. The molecule has 0 radical (unpaired) electrons. The van der Waals surface area contributed by atoms with Crippen LogP contribution in [0.1, 0.15) is 23.6 Å². The molecule has 5 aromatic rings. The molecule has 0 saturated heterocycles. The Morgan fingerprint density at radius 3 is 2.45 bits per heavy atom. The Hall–Kier alpha value is -3.64. The summed E-state index contributed by atoms with van der Waals surface area (Å²) in [4.78, 5) is 27.4. The number of aromatic nitrogens is 2. The number of hydrogen-bond acceptors (Lipinski definition) is 4. The molecule has 0 N–H and O–H groups in total. The lowest BCUT2D eigenvalue weighted by atomic mass is 10.1. The fourth-order valence-corrected chi connectivity index (χ4v) is 5.36. The fourth-order valence-electron chi connectivity index (χ4n) is 4.22. The highest BCUT2D eigenvalue weighted by Gasteiger charge is 2.20. The molecule has 5 rings (SSSR count). The number of aryl methyl sites for hydroxylation is 2. The van der Waals surface area contributed by atoms with Crippen molar-refractivity contribution in [1.82, 2.24) is 9.13 Å². The summed E-state index contributed by atoms with van der Waals surface area (Å²) in [6, 6.07) is 21.2. The lowest BCUT2D eigenvalue weighted by Gasteiger charge is -2.15. The zero-order valence-electron chi connectivity index (χ0n) is 18.8. The van der Waals surface area contributed by atoms with E-state index >= 15 is 0 Å². The summed E-state index contributed by atoms with van der Waals surface area (Å²) >= 11 is 1.43. The largest absolute Gasteiger partial charge is 0.494 e. The average Bonchev–Trinajstić information content (AvgIpc) is 3.20. The third-order valence-electron chi connectivity index (χ3n) is 5.90. The number of fused-ring (bicyclic) bond motifs is 3. The summed E-state index contributed by atoms with van der Waals surface area (Å²) in [7, 11) is 0. The van der Waals surface area contributed by atoms with Gasteiger partial charge in [0.25, 0.3) is 5.56 Å². The predicted octanol–water partition coefficient (Wildman–Crippen LogP) is 5.43. The molecule has 166 valence electrons. The fraction of sp³-hybridized carbons (Fsp3) is 0.185. The zero-order chi connectivity index (χ0) is 23.1. The number of benzene rings is 3. The molecule has 6 heteroatoms. The van der Waals surface area contributed by atoms with Gasteiger partial charge in [0, 0.05) is 10.1 Å². The maximum Gasteiger partial charge on any atom is 0.336 e. The lowest BCUT2D eigenvalue weighted by Crippen LogP contribution is -2.38. The standard InChI is InChI=1S/C27H24N2O3S/c1-4-32-21-13-11-20(12-14-21)29-26(30)25-24(22-7-5-6-8-23(22)33-25)28(27(29)31)16-19-15-17(2)9-10-18(19)3/h5-15H,4,16H2,1-3H3. The SMILES string of the molecule is CCOc1ccc(-n2c(=O)c3sc4ccccc4c3n(Cc3cc(C)ccc3C)c2=O)cc1. The first-order valence-corrected chi connectivity index (χ1v) is 11.8. The number of ether oxygens (including phenoxy) is 1. The summed E-state index contributed by atoms with van der Waals surface area (Å²) in [6.07, 6.45) is 0. The van der Waals surface area contributed by atoms with Crippen molar-refractivity contribution in [1.29, 1.82) is 0 Å². The molecule has 0 saturated carbocycles. The third-order valence-corrected chi connectivity index (χ3v) is 7.05. The van der Waals surface area contributed by atoms with Crippen molar-refractivity contribution >= 4 is 31.6 Å². The van der Waals surface area contributed by atoms with Gasteiger partial charge in [0.2, 0.25) is 0 Å². The van der Waals surface area contributed by atoms with E-state index in [1.165, 1.54) is 15.9 Å². The van der Waals surface area contributed by atoms with E-state index in [4.69, 9.17) is 4.74 Å². The first-order chi connectivity index (χ1) is 16.0. The van der Waals surface area contributed by atoms with Crippen molar-refractivity contribution in [3.63, 3.8) is 0 Å². The van der Waals surface area contributed by atoms with Gasteiger partial charge in [-0.25, -0.2) is 9.36 Å². The van der Waals surface area contributed by atoms with Crippen LogP contribution in [0.15, 0.2) is 76.3 Å². The van der Waals surface area contributed by atoms with Gasteiger partial charge in [-0.05, 0) is 62.2 Å². The van der Waals surface area contributed by atoms with Gasteiger partial charge in [-0.15, -0.1) is 11.3 Å². The molecule has 0 spiro atoms. The van der Waals surface area contributed by atoms with Crippen LogP contribution in [0.4, 0.5) is 0 Å². The normalized spacial score (nSPS) is 11.4. The molecule has 0 amide bonds. The van der Waals surface area contributed by atoms with E-state index in [2.05, 4.69) is 18.2 Å². The van der Waals surface area contributed by atoms with Crippen molar-refractivity contribution in [3.05, 3.63) is 104 Å². The molecule has 0 aliphatic carbocycles. The Bertz CT molecular complexity index is 1610. The zero-order valence-corrected chi connectivity index (χ0v) is 19.6. The average molecular weight is 457 g/mol. The minimum Gasteiger partial charge on any atom is -0.494 e. The quantitative estimate of drug-likeness (QED) is 0.354. The van der Waals surface area contributed by atoms with Crippen LogP contribution in [0.25, 0.3) is 26.0 Å². The van der Waals surface area contributed by atoms with E-state index in [9.17, 15) is 9.59 Å². The molecule has 0 bridgehead atoms. The maximum atomic E-state index is 13.9. The van der Waals surface area contributed by atoms with Gasteiger partial charge in [0.15, 0.2) is 0 Å². The van der Waals surface area contributed by atoms with Crippen LogP contribution in [0.2, 0.25) is 0 Å². The van der Waals surface area contributed by atoms with Crippen LogP contribution in [0.3, 0.4) is 0 Å². The van der Waals surface area contributed by atoms with Crippen molar-refractivity contribution in [3.8, 4) is 11.4 Å². The van der Waals surface area contributed by atoms with Crippen LogP contribution >= 0.6 is 11.3 Å². The second-order valence-corrected chi connectivity index (χ2v) is 9.19. The molecule has 5 nitrogen and oxygen atoms in total. The molecular formula is C27H24N2O3S. The Morgan fingerprint density at radius 2 is 1.70 bits per heavy atom. The Balaban J connectivity index is 1.82. The summed E-state index contributed by atoms with van der Waals surface area (Å²) in [5.41, 5.74) is 3.90. The highest BCUT2D eigenvalue weighted by molar-refractivity contribution is 7.25. The van der Waals surface area contributed by atoms with Crippen molar-refractivity contribution in [2.75, 3.05) is 6.61 Å². The minimum absolute atomic E-state index is 0.294. The molecule has 0 atom stereocenters. The summed E-state index contributed by atoms with van der Waals surface area (Å²) in [5.74, 6) is 0.702. The first-order valence-electron chi connectivity index (χ1n) is 10.9. The van der Waals surface area contributed by atoms with E-state index in [0.717, 1.165) is 26.8 Å². The minimum atomic E-state index is -0.346. The second-order valence-electron chi connectivity index (χ2n) is 8.14. The van der Waals surface area contributed by atoms with Crippen LogP contribution < -0.4 is 16.0 Å². The predicted molar refractivity (Wildman–Crippen MR) is 135 cm³/mol. The summed E-state index contributed by atoms with van der Waals surface area (Å²) in [6.45, 7) is 6.95. The van der Waals surface area contributed by atoms with Gasteiger partial charge >= 0.3 is 5.69 Å². The van der Waals surface area contributed by atoms with Crippen molar-refractivity contribution < 1.29 is 4.74 Å². The van der Waals surface area contributed by atoms with Crippen LogP contribution in [0.5, 0.6) is 5.75 Å². The van der Waals surface area contributed by atoms with Gasteiger partial charge in [-0.2, -0.15) is 0 Å². The molecule has 0 unspecified atom stereocenters. The number of thiophene rings is 1. The van der Waals surface area contributed by atoms with Crippen LogP contribution in [0, 0.1) is 13.8 Å². The van der Waals surface area contributed by atoms with Crippen LogP contribution in [-0.2, 0) is 6.54 Å². The van der Waals surface area contributed by atoms with Gasteiger partial charge < -0.3 is 4.74 Å². The Labute approximate surface area is 195 Å². The molecule has 2 aromatic heterocycles. The van der Waals surface area contributed by atoms with E-state index in [1.54, 1.807) is 28.8 Å². The van der Waals surface area contributed by atoms with Gasteiger partial charge in [0.1, 0.15) is 10.4 Å². The number of rotatable bonds is 5. The number of nitrogens with zero attached hydrogens (tertiary/aromatic N) is 2.